The molecule has 17 heavy (non-hydrogen) atoms. The molecule has 0 aliphatic carbocycles. The summed E-state index contributed by atoms with van der Waals surface area (Å²) in [6, 6.07) is 1.94. The molecule has 1 aromatic heterocycles. The summed E-state index contributed by atoms with van der Waals surface area (Å²) in [7, 11) is 2.14. The van der Waals surface area contributed by atoms with Crippen molar-refractivity contribution in [3.63, 3.8) is 0 Å². The normalized spacial score (nSPS) is 18.2. The van der Waals surface area contributed by atoms with Gasteiger partial charge in [-0.3, -0.25) is 0 Å². The van der Waals surface area contributed by atoms with Crippen LogP contribution in [0.3, 0.4) is 0 Å². The maximum atomic E-state index is 9.40. The molecule has 0 atom stereocenters. The predicted molar refractivity (Wildman–Crippen MR) is 72.2 cm³/mol. The summed E-state index contributed by atoms with van der Waals surface area (Å²) in [5, 5.41) is 9.40. The molecule has 0 saturated carbocycles. The van der Waals surface area contributed by atoms with Gasteiger partial charge in [-0.1, -0.05) is 0 Å². The Morgan fingerprint density at radius 3 is 2.94 bits per heavy atom. The van der Waals surface area contributed by atoms with Crippen molar-refractivity contribution in [3.8, 4) is 0 Å². The summed E-state index contributed by atoms with van der Waals surface area (Å²) in [4.78, 5) is 9.04. The lowest BCUT2D eigenvalue weighted by molar-refractivity contribution is 0.281. The minimum Gasteiger partial charge on any atom is -0.392 e. The zero-order valence-electron chi connectivity index (χ0n) is 10.1. The number of halogens is 1. The second-order valence-corrected chi connectivity index (χ2v) is 5.35. The minimum absolute atomic E-state index is 0.0358. The van der Waals surface area contributed by atoms with Crippen molar-refractivity contribution < 1.29 is 5.11 Å². The molecular weight excluding hydrogens is 282 g/mol. The predicted octanol–water partition coefficient (Wildman–Crippen LogP) is 1.48. The first-order valence-electron chi connectivity index (χ1n) is 5.89. The fraction of sp³-hybridized carbons (Fsp3) is 0.583. The Kier molecular flexibility index (Phi) is 4.36. The standard InChI is InChI=1S/C12H18BrN3O/c1-15-3-2-4-16(6-5-15)12-10(9-17)7-11(13)8-14-12/h7-8,17H,2-6,9H2,1H3. The molecule has 0 spiro atoms. The van der Waals surface area contributed by atoms with Crippen LogP contribution in [-0.4, -0.2) is 48.2 Å². The smallest absolute Gasteiger partial charge is 0.134 e. The fourth-order valence-corrected chi connectivity index (χ4v) is 2.51. The highest BCUT2D eigenvalue weighted by Crippen LogP contribution is 2.22. The van der Waals surface area contributed by atoms with Crippen LogP contribution < -0.4 is 4.90 Å². The van der Waals surface area contributed by atoms with Crippen LogP contribution in [0.1, 0.15) is 12.0 Å². The molecule has 1 aliphatic rings. The zero-order chi connectivity index (χ0) is 12.3. The summed E-state index contributed by atoms with van der Waals surface area (Å²) in [6.07, 6.45) is 2.93. The fourth-order valence-electron chi connectivity index (χ4n) is 2.13. The second kappa shape index (κ2) is 5.80. The van der Waals surface area contributed by atoms with E-state index in [1.54, 1.807) is 6.20 Å². The Labute approximate surface area is 110 Å². The van der Waals surface area contributed by atoms with E-state index in [4.69, 9.17) is 0 Å². The van der Waals surface area contributed by atoms with Crippen molar-refractivity contribution in [1.29, 1.82) is 0 Å². The van der Waals surface area contributed by atoms with Gasteiger partial charge >= 0.3 is 0 Å². The molecule has 2 heterocycles. The molecule has 0 amide bonds. The number of nitrogens with zero attached hydrogens (tertiary/aromatic N) is 3. The maximum Gasteiger partial charge on any atom is 0.134 e. The van der Waals surface area contributed by atoms with Gasteiger partial charge in [0.1, 0.15) is 5.82 Å². The van der Waals surface area contributed by atoms with Crippen molar-refractivity contribution in [1.82, 2.24) is 9.88 Å². The molecule has 1 N–H and O–H groups in total. The number of aliphatic hydroxyl groups is 1. The Balaban J connectivity index is 2.20. The Morgan fingerprint density at radius 2 is 2.18 bits per heavy atom. The topological polar surface area (TPSA) is 39.6 Å². The van der Waals surface area contributed by atoms with Gasteiger partial charge in [0.2, 0.25) is 0 Å². The van der Waals surface area contributed by atoms with E-state index in [-0.39, 0.29) is 6.61 Å². The molecule has 0 radical (unpaired) electrons. The first-order valence-corrected chi connectivity index (χ1v) is 6.69. The van der Waals surface area contributed by atoms with Crippen LogP contribution in [0, 0.1) is 0 Å². The first kappa shape index (κ1) is 12.8. The molecule has 0 bridgehead atoms. The van der Waals surface area contributed by atoms with E-state index in [2.05, 4.69) is 37.8 Å². The molecule has 0 unspecified atom stereocenters. The molecule has 1 fully saturated rings. The molecular formula is C12H18BrN3O. The first-order chi connectivity index (χ1) is 8.20. The van der Waals surface area contributed by atoms with Crippen LogP contribution in [0.25, 0.3) is 0 Å². The van der Waals surface area contributed by atoms with Crippen LogP contribution in [0.4, 0.5) is 5.82 Å². The molecule has 1 saturated heterocycles. The van der Waals surface area contributed by atoms with E-state index >= 15 is 0 Å². The monoisotopic (exact) mass is 299 g/mol. The summed E-state index contributed by atoms with van der Waals surface area (Å²) in [5.74, 6) is 0.922. The number of likely N-dealkylation sites (N-methyl/N-ethyl adjacent to an activating group) is 1. The van der Waals surface area contributed by atoms with Gasteiger partial charge < -0.3 is 14.9 Å². The van der Waals surface area contributed by atoms with E-state index in [0.29, 0.717) is 0 Å². The molecule has 4 nitrogen and oxygen atoms in total. The second-order valence-electron chi connectivity index (χ2n) is 4.44. The van der Waals surface area contributed by atoms with E-state index in [1.165, 1.54) is 0 Å². The average Bonchev–Trinajstić information content (AvgIpc) is 2.54. The lowest BCUT2D eigenvalue weighted by Crippen LogP contribution is -2.30. The largest absolute Gasteiger partial charge is 0.392 e. The van der Waals surface area contributed by atoms with E-state index in [9.17, 15) is 5.11 Å². The van der Waals surface area contributed by atoms with Gasteiger partial charge in [0, 0.05) is 35.9 Å². The van der Waals surface area contributed by atoms with Crippen LogP contribution in [-0.2, 0) is 6.61 Å². The average molecular weight is 300 g/mol. The van der Waals surface area contributed by atoms with Gasteiger partial charge in [-0.15, -0.1) is 0 Å². The lowest BCUT2D eigenvalue weighted by atomic mass is 10.2. The SMILES string of the molecule is CN1CCCN(c2ncc(Br)cc2CO)CC1. The van der Waals surface area contributed by atoms with Crippen molar-refractivity contribution in [2.45, 2.75) is 13.0 Å². The molecule has 0 aromatic carbocycles. The van der Waals surface area contributed by atoms with Gasteiger partial charge in [0.15, 0.2) is 0 Å². The van der Waals surface area contributed by atoms with E-state index < -0.39 is 0 Å². The summed E-state index contributed by atoms with van der Waals surface area (Å²) >= 11 is 3.39. The Bertz CT molecular complexity index is 386. The highest BCUT2D eigenvalue weighted by Gasteiger charge is 2.16. The highest BCUT2D eigenvalue weighted by atomic mass is 79.9. The van der Waals surface area contributed by atoms with Crippen molar-refractivity contribution in [2.24, 2.45) is 0 Å². The molecule has 1 aliphatic heterocycles. The number of pyridine rings is 1. The van der Waals surface area contributed by atoms with Crippen molar-refractivity contribution in [2.75, 3.05) is 38.1 Å². The number of rotatable bonds is 2. The molecule has 1 aromatic rings. The quantitative estimate of drug-likeness (QED) is 0.898. The highest BCUT2D eigenvalue weighted by molar-refractivity contribution is 9.10. The molecule has 2 rings (SSSR count). The molecule has 94 valence electrons. The van der Waals surface area contributed by atoms with Gasteiger partial charge in [-0.25, -0.2) is 4.98 Å². The third-order valence-electron chi connectivity index (χ3n) is 3.10. The number of aliphatic hydroxyl groups excluding tert-OH is 1. The maximum absolute atomic E-state index is 9.40. The lowest BCUT2D eigenvalue weighted by Gasteiger charge is -2.23. The van der Waals surface area contributed by atoms with E-state index in [1.807, 2.05) is 6.07 Å². The molecule has 5 heteroatoms. The van der Waals surface area contributed by atoms with Crippen molar-refractivity contribution >= 4 is 21.7 Å². The summed E-state index contributed by atoms with van der Waals surface area (Å²) in [6.45, 7) is 4.18. The number of hydrogen-bond acceptors (Lipinski definition) is 4. The van der Waals surface area contributed by atoms with Crippen LogP contribution >= 0.6 is 15.9 Å². The number of aromatic nitrogens is 1. The third-order valence-corrected chi connectivity index (χ3v) is 3.53. The zero-order valence-corrected chi connectivity index (χ0v) is 11.7. The number of anilines is 1. The Hall–Kier alpha value is -0.650. The Morgan fingerprint density at radius 1 is 1.35 bits per heavy atom. The van der Waals surface area contributed by atoms with Crippen molar-refractivity contribution in [3.05, 3.63) is 22.3 Å². The summed E-state index contributed by atoms with van der Waals surface area (Å²) in [5.41, 5.74) is 0.893. The van der Waals surface area contributed by atoms with Crippen LogP contribution in [0.2, 0.25) is 0 Å². The van der Waals surface area contributed by atoms with Gasteiger partial charge in [-0.05, 0) is 42.0 Å². The van der Waals surface area contributed by atoms with Gasteiger partial charge in [0.05, 0.1) is 6.61 Å². The minimum atomic E-state index is 0.0358. The van der Waals surface area contributed by atoms with Crippen LogP contribution in [0.15, 0.2) is 16.7 Å². The van der Waals surface area contributed by atoms with Gasteiger partial charge in [0.25, 0.3) is 0 Å². The van der Waals surface area contributed by atoms with Crippen LogP contribution in [0.5, 0.6) is 0 Å². The summed E-state index contributed by atoms with van der Waals surface area (Å²) < 4.78 is 0.914. The van der Waals surface area contributed by atoms with Gasteiger partial charge in [-0.2, -0.15) is 0 Å². The number of hydrogen-bond donors (Lipinski definition) is 1. The van der Waals surface area contributed by atoms with E-state index in [0.717, 1.165) is 48.5 Å². The third kappa shape index (κ3) is 3.18.